The van der Waals surface area contributed by atoms with E-state index in [0.29, 0.717) is 28.7 Å². The van der Waals surface area contributed by atoms with Crippen LogP contribution < -0.4 is 14.4 Å². The fourth-order valence-corrected chi connectivity index (χ4v) is 4.70. The van der Waals surface area contributed by atoms with Gasteiger partial charge in [0.25, 0.3) is 5.91 Å². The predicted molar refractivity (Wildman–Crippen MR) is 119 cm³/mol. The Balaban J connectivity index is 1.73. The average Bonchev–Trinajstić information content (AvgIpc) is 3.41. The zero-order valence-corrected chi connectivity index (χ0v) is 18.5. The maximum Gasteiger partial charge on any atom is 0.260 e. The molecule has 0 bridgehead atoms. The summed E-state index contributed by atoms with van der Waals surface area (Å²) in [6.07, 6.45) is 1.98. The molecule has 1 amide bonds. The number of anilines is 1. The van der Waals surface area contributed by atoms with Crippen molar-refractivity contribution < 1.29 is 19.0 Å². The van der Waals surface area contributed by atoms with Crippen LogP contribution in [0.25, 0.3) is 10.2 Å². The van der Waals surface area contributed by atoms with Gasteiger partial charge in [0.2, 0.25) is 0 Å². The standard InChI is InChI=1S/C23H26N2O4S/c1-14-10-18-21(11-15(14)2)30-23(24-18)25(13-17-6-5-9-29-17)22(26)16-7-8-19(27-3)20(12-16)28-4/h7-8,10-12,17H,5-6,9,13H2,1-4H3. The zero-order valence-electron chi connectivity index (χ0n) is 17.7. The van der Waals surface area contributed by atoms with E-state index in [2.05, 4.69) is 26.0 Å². The summed E-state index contributed by atoms with van der Waals surface area (Å²) in [7, 11) is 3.14. The van der Waals surface area contributed by atoms with Gasteiger partial charge in [-0.2, -0.15) is 0 Å². The van der Waals surface area contributed by atoms with Crippen LogP contribution >= 0.6 is 11.3 Å². The van der Waals surface area contributed by atoms with Gasteiger partial charge in [0.15, 0.2) is 16.6 Å². The zero-order chi connectivity index (χ0) is 21.3. The van der Waals surface area contributed by atoms with E-state index in [-0.39, 0.29) is 12.0 Å². The fraction of sp³-hybridized carbons (Fsp3) is 0.391. The van der Waals surface area contributed by atoms with E-state index in [0.717, 1.165) is 29.7 Å². The number of fused-ring (bicyclic) bond motifs is 1. The van der Waals surface area contributed by atoms with Crippen molar-refractivity contribution in [2.24, 2.45) is 0 Å². The second kappa shape index (κ2) is 8.62. The number of ether oxygens (including phenoxy) is 3. The molecule has 0 radical (unpaired) electrons. The lowest BCUT2D eigenvalue weighted by molar-refractivity contribution is 0.0917. The number of hydrogen-bond donors (Lipinski definition) is 0. The van der Waals surface area contributed by atoms with Gasteiger partial charge in [0.05, 0.1) is 37.1 Å². The molecule has 158 valence electrons. The Morgan fingerprint density at radius 2 is 1.93 bits per heavy atom. The van der Waals surface area contributed by atoms with Crippen LogP contribution in [0.1, 0.15) is 34.3 Å². The van der Waals surface area contributed by atoms with Crippen molar-refractivity contribution in [3.05, 3.63) is 47.0 Å². The summed E-state index contributed by atoms with van der Waals surface area (Å²) in [4.78, 5) is 20.1. The first kappa shape index (κ1) is 20.6. The van der Waals surface area contributed by atoms with Gasteiger partial charge in [-0.3, -0.25) is 9.69 Å². The maximum absolute atomic E-state index is 13.6. The Hall–Kier alpha value is -2.64. The molecule has 1 unspecified atom stereocenters. The quantitative estimate of drug-likeness (QED) is 0.569. The molecule has 0 spiro atoms. The van der Waals surface area contributed by atoms with Crippen molar-refractivity contribution in [1.29, 1.82) is 0 Å². The molecule has 2 aromatic carbocycles. The lowest BCUT2D eigenvalue weighted by Gasteiger charge is -2.23. The van der Waals surface area contributed by atoms with Gasteiger partial charge in [-0.05, 0) is 68.1 Å². The number of hydrogen-bond acceptors (Lipinski definition) is 6. The van der Waals surface area contributed by atoms with Crippen molar-refractivity contribution in [3.63, 3.8) is 0 Å². The highest BCUT2D eigenvalue weighted by Crippen LogP contribution is 2.34. The molecule has 1 atom stereocenters. The molecule has 0 N–H and O–H groups in total. The Morgan fingerprint density at radius 1 is 1.17 bits per heavy atom. The third kappa shape index (κ3) is 4.00. The Kier molecular flexibility index (Phi) is 5.92. The van der Waals surface area contributed by atoms with Crippen molar-refractivity contribution in [3.8, 4) is 11.5 Å². The molecule has 1 aliphatic rings. The largest absolute Gasteiger partial charge is 0.493 e. The number of thiazole rings is 1. The topological polar surface area (TPSA) is 60.9 Å². The van der Waals surface area contributed by atoms with Crippen molar-refractivity contribution in [1.82, 2.24) is 4.98 Å². The Labute approximate surface area is 180 Å². The van der Waals surface area contributed by atoms with Gasteiger partial charge in [-0.15, -0.1) is 0 Å². The highest BCUT2D eigenvalue weighted by Gasteiger charge is 2.27. The minimum Gasteiger partial charge on any atom is -0.493 e. The summed E-state index contributed by atoms with van der Waals surface area (Å²) in [5.74, 6) is 0.987. The summed E-state index contributed by atoms with van der Waals surface area (Å²) >= 11 is 1.53. The molecule has 0 aliphatic carbocycles. The van der Waals surface area contributed by atoms with Crippen LogP contribution in [-0.4, -0.2) is 44.4 Å². The summed E-state index contributed by atoms with van der Waals surface area (Å²) in [6, 6.07) is 9.44. The molecule has 6 nitrogen and oxygen atoms in total. The van der Waals surface area contributed by atoms with Crippen molar-refractivity contribution >= 4 is 32.6 Å². The first-order chi connectivity index (χ1) is 14.5. The second-order valence-corrected chi connectivity index (χ2v) is 8.53. The monoisotopic (exact) mass is 426 g/mol. The second-order valence-electron chi connectivity index (χ2n) is 7.52. The third-order valence-electron chi connectivity index (χ3n) is 5.51. The SMILES string of the molecule is COc1ccc(C(=O)N(CC2CCCO2)c2nc3cc(C)c(C)cc3s2)cc1OC. The van der Waals surface area contributed by atoms with Crippen molar-refractivity contribution in [2.45, 2.75) is 32.8 Å². The molecule has 1 aliphatic heterocycles. The van der Waals surface area contributed by atoms with Gasteiger partial charge in [0, 0.05) is 12.2 Å². The molecule has 4 rings (SSSR count). The van der Waals surface area contributed by atoms with E-state index < -0.39 is 0 Å². The first-order valence-electron chi connectivity index (χ1n) is 10.0. The molecule has 1 aromatic heterocycles. The normalized spacial score (nSPS) is 16.1. The lowest BCUT2D eigenvalue weighted by Crippen LogP contribution is -2.37. The molecule has 1 fully saturated rings. The smallest absolute Gasteiger partial charge is 0.260 e. The Morgan fingerprint density at radius 3 is 2.63 bits per heavy atom. The third-order valence-corrected chi connectivity index (χ3v) is 6.55. The number of aryl methyl sites for hydroxylation is 2. The van der Waals surface area contributed by atoms with Gasteiger partial charge >= 0.3 is 0 Å². The van der Waals surface area contributed by atoms with E-state index in [4.69, 9.17) is 19.2 Å². The summed E-state index contributed by atoms with van der Waals surface area (Å²) in [6.45, 7) is 5.38. The number of carbonyl (C=O) groups is 1. The molecule has 2 heterocycles. The predicted octanol–water partition coefficient (Wildman–Crippen LogP) is 4.76. The van der Waals surface area contributed by atoms with E-state index in [1.54, 1.807) is 37.3 Å². The van der Waals surface area contributed by atoms with Gasteiger partial charge < -0.3 is 14.2 Å². The number of carbonyl (C=O) groups excluding carboxylic acids is 1. The van der Waals surface area contributed by atoms with Crippen molar-refractivity contribution in [2.75, 3.05) is 32.3 Å². The van der Waals surface area contributed by atoms with E-state index in [1.165, 1.54) is 22.5 Å². The molecule has 1 saturated heterocycles. The van der Waals surface area contributed by atoms with Crippen LogP contribution in [0.4, 0.5) is 5.13 Å². The minimum absolute atomic E-state index is 0.0181. The van der Waals surface area contributed by atoms with E-state index >= 15 is 0 Å². The van der Waals surface area contributed by atoms with Gasteiger partial charge in [0.1, 0.15) is 0 Å². The molecule has 3 aromatic rings. The molecular weight excluding hydrogens is 400 g/mol. The Bertz CT molecular complexity index is 1030. The number of benzene rings is 2. The van der Waals surface area contributed by atoms with Crippen LogP contribution in [0.15, 0.2) is 30.3 Å². The van der Waals surface area contributed by atoms with Gasteiger partial charge in [-0.1, -0.05) is 11.3 Å². The first-order valence-corrected chi connectivity index (χ1v) is 10.8. The maximum atomic E-state index is 13.6. The highest BCUT2D eigenvalue weighted by atomic mass is 32.1. The van der Waals surface area contributed by atoms with Crippen LogP contribution in [0.2, 0.25) is 0 Å². The number of amides is 1. The molecule has 0 saturated carbocycles. The average molecular weight is 427 g/mol. The molecular formula is C23H26N2O4S. The number of aromatic nitrogens is 1. The van der Waals surface area contributed by atoms with Crippen LogP contribution in [0, 0.1) is 13.8 Å². The number of methoxy groups -OCH3 is 2. The molecule has 30 heavy (non-hydrogen) atoms. The summed E-state index contributed by atoms with van der Waals surface area (Å²) in [5, 5.41) is 0.685. The number of rotatable bonds is 6. The fourth-order valence-electron chi connectivity index (χ4n) is 3.65. The van der Waals surface area contributed by atoms with Crippen LogP contribution in [0.5, 0.6) is 11.5 Å². The molecule has 7 heteroatoms. The van der Waals surface area contributed by atoms with Crippen LogP contribution in [-0.2, 0) is 4.74 Å². The minimum atomic E-state index is -0.126. The van der Waals surface area contributed by atoms with E-state index in [9.17, 15) is 4.79 Å². The van der Waals surface area contributed by atoms with Gasteiger partial charge in [-0.25, -0.2) is 4.98 Å². The number of nitrogens with zero attached hydrogens (tertiary/aromatic N) is 2. The van der Waals surface area contributed by atoms with E-state index in [1.807, 2.05) is 0 Å². The summed E-state index contributed by atoms with van der Waals surface area (Å²) in [5.41, 5.74) is 3.85. The summed E-state index contributed by atoms with van der Waals surface area (Å²) < 4.78 is 17.6. The highest BCUT2D eigenvalue weighted by molar-refractivity contribution is 7.22. The van der Waals surface area contributed by atoms with Crippen LogP contribution in [0.3, 0.4) is 0 Å². The lowest BCUT2D eigenvalue weighted by atomic mass is 10.1.